The number of nitrogens with zero attached hydrogens (tertiary/aromatic N) is 1. The average molecular weight is 366 g/mol. The number of methoxy groups -OCH3 is 2. The molecule has 25 heavy (non-hydrogen) atoms. The lowest BCUT2D eigenvalue weighted by Crippen LogP contribution is -2.53. The van der Waals surface area contributed by atoms with Crippen molar-refractivity contribution < 1.29 is 19.1 Å². The van der Waals surface area contributed by atoms with Gasteiger partial charge in [-0.2, -0.15) is 5.01 Å². The minimum Gasteiger partial charge on any atom is -0.497 e. The van der Waals surface area contributed by atoms with E-state index in [0.717, 1.165) is 5.01 Å². The third kappa shape index (κ3) is 3.99. The monoisotopic (exact) mass is 366 g/mol. The van der Waals surface area contributed by atoms with E-state index in [-0.39, 0.29) is 11.2 Å². The molecular weight excluding hydrogens is 344 g/mol. The molecule has 1 saturated heterocycles. The number of thiocarbonyl (C=S) groups is 1. The van der Waals surface area contributed by atoms with Crippen LogP contribution >= 0.6 is 12.2 Å². The Labute approximate surface area is 151 Å². The largest absolute Gasteiger partial charge is 0.497 e. The number of amides is 3. The van der Waals surface area contributed by atoms with E-state index in [1.165, 1.54) is 7.11 Å². The molecule has 0 bridgehead atoms. The highest BCUT2D eigenvalue weighted by Gasteiger charge is 2.50. The summed E-state index contributed by atoms with van der Waals surface area (Å²) in [5, 5.41) is 6.65. The van der Waals surface area contributed by atoms with E-state index in [2.05, 4.69) is 16.1 Å². The number of rotatable bonds is 6. The highest BCUT2D eigenvalue weighted by molar-refractivity contribution is 7.80. The molecule has 1 heterocycles. The Balaban J connectivity index is 2.14. The number of hydrogen-bond donors (Lipinski definition) is 3. The van der Waals surface area contributed by atoms with Gasteiger partial charge in [-0.3, -0.25) is 10.2 Å². The maximum atomic E-state index is 12.8. The number of imide groups is 1. The zero-order valence-corrected chi connectivity index (χ0v) is 15.4. The number of hydrogen-bond acceptors (Lipinski definition) is 5. The minimum absolute atomic E-state index is 0.0736. The van der Waals surface area contributed by atoms with E-state index in [1.807, 2.05) is 6.92 Å². The lowest BCUT2D eigenvalue weighted by atomic mass is 9.92. The van der Waals surface area contributed by atoms with E-state index in [9.17, 15) is 9.59 Å². The Morgan fingerprint density at radius 2 is 2.12 bits per heavy atom. The first-order valence-electron chi connectivity index (χ1n) is 7.69. The second kappa shape index (κ2) is 7.66. The summed E-state index contributed by atoms with van der Waals surface area (Å²) >= 11 is 5.15. The van der Waals surface area contributed by atoms with Gasteiger partial charge in [0.05, 0.1) is 13.7 Å². The van der Waals surface area contributed by atoms with Crippen molar-refractivity contribution in [2.45, 2.75) is 25.4 Å². The van der Waals surface area contributed by atoms with Gasteiger partial charge in [-0.05, 0) is 43.8 Å². The first kappa shape index (κ1) is 18.9. The van der Waals surface area contributed by atoms with Crippen LogP contribution in [0.4, 0.5) is 4.79 Å². The number of carbonyl (C=O) groups excluding carboxylic acids is 2. The van der Waals surface area contributed by atoms with Crippen LogP contribution in [0.2, 0.25) is 0 Å². The molecule has 9 heteroatoms. The third-order valence-corrected chi connectivity index (χ3v) is 4.05. The number of carbonyl (C=O) groups is 2. The van der Waals surface area contributed by atoms with Gasteiger partial charge in [0.25, 0.3) is 5.91 Å². The molecule has 0 spiro atoms. The molecule has 1 aromatic carbocycles. The molecule has 3 N–H and O–H groups in total. The van der Waals surface area contributed by atoms with Gasteiger partial charge in [0, 0.05) is 13.2 Å². The van der Waals surface area contributed by atoms with Crippen LogP contribution in [-0.2, 0) is 15.1 Å². The zero-order valence-electron chi connectivity index (χ0n) is 14.6. The molecule has 2 atom stereocenters. The van der Waals surface area contributed by atoms with E-state index in [4.69, 9.17) is 21.7 Å². The van der Waals surface area contributed by atoms with Gasteiger partial charge in [0.1, 0.15) is 11.3 Å². The summed E-state index contributed by atoms with van der Waals surface area (Å²) in [6.45, 7) is 3.93. The summed E-state index contributed by atoms with van der Waals surface area (Å²) in [5.74, 6) is 0.132. The Morgan fingerprint density at radius 1 is 1.40 bits per heavy atom. The van der Waals surface area contributed by atoms with Crippen molar-refractivity contribution in [1.82, 2.24) is 21.1 Å². The van der Waals surface area contributed by atoms with Crippen molar-refractivity contribution in [3.8, 4) is 5.75 Å². The van der Waals surface area contributed by atoms with Crippen LogP contribution in [0.25, 0.3) is 0 Å². The van der Waals surface area contributed by atoms with Crippen LogP contribution in [0, 0.1) is 0 Å². The van der Waals surface area contributed by atoms with Crippen LogP contribution in [0.1, 0.15) is 19.4 Å². The Bertz CT molecular complexity index is 684. The Kier molecular flexibility index (Phi) is 5.81. The summed E-state index contributed by atoms with van der Waals surface area (Å²) in [4.78, 5) is 25.1. The van der Waals surface area contributed by atoms with Gasteiger partial charge < -0.3 is 20.1 Å². The van der Waals surface area contributed by atoms with Crippen molar-refractivity contribution in [2.75, 3.05) is 20.8 Å². The lowest BCUT2D eigenvalue weighted by molar-refractivity contribution is -0.132. The fourth-order valence-corrected chi connectivity index (χ4v) is 2.81. The molecule has 2 rings (SSSR count). The minimum atomic E-state index is -1.22. The fourth-order valence-electron chi connectivity index (χ4n) is 2.52. The zero-order chi connectivity index (χ0) is 18.6. The highest BCUT2D eigenvalue weighted by Crippen LogP contribution is 2.30. The average Bonchev–Trinajstić information content (AvgIpc) is 2.79. The van der Waals surface area contributed by atoms with Crippen LogP contribution < -0.4 is 20.8 Å². The molecule has 1 aliphatic rings. The van der Waals surface area contributed by atoms with E-state index < -0.39 is 17.5 Å². The third-order valence-electron chi connectivity index (χ3n) is 3.85. The molecule has 1 aromatic rings. The SMILES string of the molecule is COC[C@@H](C)NC(=S)NN1C(=O)N[C@@](C)(c2cccc(OC)c2)C1=O. The molecule has 3 amide bonds. The predicted molar refractivity (Wildman–Crippen MR) is 95.9 cm³/mol. The van der Waals surface area contributed by atoms with Gasteiger partial charge in [-0.15, -0.1) is 0 Å². The number of benzene rings is 1. The number of nitrogens with one attached hydrogen (secondary N) is 3. The van der Waals surface area contributed by atoms with Gasteiger partial charge in [-0.1, -0.05) is 12.1 Å². The van der Waals surface area contributed by atoms with Gasteiger partial charge in [0.15, 0.2) is 5.11 Å². The normalized spacial score (nSPS) is 20.9. The number of urea groups is 1. The Hall–Kier alpha value is -2.39. The molecular formula is C16H22N4O4S. The summed E-state index contributed by atoms with van der Waals surface area (Å²) in [5.41, 5.74) is 2.02. The van der Waals surface area contributed by atoms with Crippen molar-refractivity contribution in [3.63, 3.8) is 0 Å². The van der Waals surface area contributed by atoms with Gasteiger partial charge in [-0.25, -0.2) is 4.79 Å². The lowest BCUT2D eigenvalue weighted by Gasteiger charge is -2.23. The molecule has 1 fully saturated rings. The summed E-state index contributed by atoms with van der Waals surface area (Å²) in [6.07, 6.45) is 0. The number of ether oxygens (including phenoxy) is 2. The van der Waals surface area contributed by atoms with Gasteiger partial charge in [0.2, 0.25) is 0 Å². The van der Waals surface area contributed by atoms with E-state index >= 15 is 0 Å². The topological polar surface area (TPSA) is 91.9 Å². The summed E-state index contributed by atoms with van der Waals surface area (Å²) in [6, 6.07) is 6.32. The van der Waals surface area contributed by atoms with Crippen molar-refractivity contribution in [1.29, 1.82) is 0 Å². The quantitative estimate of drug-likeness (QED) is 0.508. The summed E-state index contributed by atoms with van der Waals surface area (Å²) in [7, 11) is 3.11. The molecule has 0 aromatic heterocycles. The smallest absolute Gasteiger partial charge is 0.344 e. The number of hydrazine groups is 1. The van der Waals surface area contributed by atoms with Crippen molar-refractivity contribution in [3.05, 3.63) is 29.8 Å². The van der Waals surface area contributed by atoms with Crippen molar-refractivity contribution >= 4 is 29.3 Å². The second-order valence-electron chi connectivity index (χ2n) is 5.87. The molecule has 0 radical (unpaired) electrons. The van der Waals surface area contributed by atoms with Crippen LogP contribution in [0.15, 0.2) is 24.3 Å². The molecule has 0 saturated carbocycles. The molecule has 0 aliphatic carbocycles. The maximum Gasteiger partial charge on any atom is 0.344 e. The standard InChI is InChI=1S/C16H22N4O4S/c1-10(9-23-3)17-14(25)19-20-13(21)16(2,18-15(20)22)11-6-5-7-12(8-11)24-4/h5-8,10H,9H2,1-4H3,(H,18,22)(H2,17,19,25)/t10-,16+/m1/s1. The molecule has 1 aliphatic heterocycles. The summed E-state index contributed by atoms with van der Waals surface area (Å²) < 4.78 is 10.2. The predicted octanol–water partition coefficient (Wildman–Crippen LogP) is 0.876. The first-order chi connectivity index (χ1) is 11.8. The van der Waals surface area contributed by atoms with E-state index in [1.54, 1.807) is 38.3 Å². The second-order valence-corrected chi connectivity index (χ2v) is 6.28. The molecule has 0 unspecified atom stereocenters. The molecule has 136 valence electrons. The maximum absolute atomic E-state index is 12.8. The fraction of sp³-hybridized carbons (Fsp3) is 0.438. The molecule has 8 nitrogen and oxygen atoms in total. The van der Waals surface area contributed by atoms with Crippen molar-refractivity contribution in [2.24, 2.45) is 0 Å². The van der Waals surface area contributed by atoms with Crippen LogP contribution in [-0.4, -0.2) is 48.9 Å². The van der Waals surface area contributed by atoms with E-state index in [0.29, 0.717) is 17.9 Å². The van der Waals surface area contributed by atoms with Gasteiger partial charge >= 0.3 is 6.03 Å². The van der Waals surface area contributed by atoms with Crippen LogP contribution in [0.3, 0.4) is 0 Å². The highest BCUT2D eigenvalue weighted by atomic mass is 32.1. The Morgan fingerprint density at radius 3 is 2.76 bits per heavy atom. The first-order valence-corrected chi connectivity index (χ1v) is 8.10. The van der Waals surface area contributed by atoms with Crippen LogP contribution in [0.5, 0.6) is 5.75 Å².